The second-order valence-corrected chi connectivity index (χ2v) is 2.64. The van der Waals surface area contributed by atoms with E-state index in [1.807, 2.05) is 31.2 Å². The van der Waals surface area contributed by atoms with E-state index in [-0.39, 0.29) is 0 Å². The van der Waals surface area contributed by atoms with Crippen LogP contribution >= 0.6 is 0 Å². The summed E-state index contributed by atoms with van der Waals surface area (Å²) in [6.07, 6.45) is 0.818. The summed E-state index contributed by atoms with van der Waals surface area (Å²) in [6, 6.07) is 7.65. The average molecular weight is 171 g/mol. The van der Waals surface area contributed by atoms with Gasteiger partial charge in [-0.1, -0.05) is 25.0 Å². The van der Waals surface area contributed by atoms with Crippen LogP contribution in [0.4, 0.5) is 0 Å². The lowest BCUT2D eigenvalue weighted by Gasteiger charge is -1.79. The zero-order valence-corrected chi connectivity index (χ0v) is 7.37. The highest BCUT2D eigenvalue weighted by Crippen LogP contribution is 2.13. The maximum absolute atomic E-state index is 5.39. The Bertz CT molecular complexity index is 440. The Balaban J connectivity index is 2.50. The van der Waals surface area contributed by atoms with Crippen LogP contribution in [-0.2, 0) is 0 Å². The van der Waals surface area contributed by atoms with Gasteiger partial charge in [0.15, 0.2) is 5.58 Å². The highest BCUT2D eigenvalue weighted by Gasteiger charge is 2.00. The van der Waals surface area contributed by atoms with Gasteiger partial charge in [-0.2, -0.15) is 0 Å². The molecule has 13 heavy (non-hydrogen) atoms. The monoisotopic (exact) mass is 171 g/mol. The summed E-state index contributed by atoms with van der Waals surface area (Å²) in [4.78, 5) is 4.21. The van der Waals surface area contributed by atoms with Gasteiger partial charge in [0.25, 0.3) is 5.89 Å². The molecule has 2 heteroatoms. The summed E-state index contributed by atoms with van der Waals surface area (Å²) in [5, 5.41) is 0. The molecule has 64 valence electrons. The van der Waals surface area contributed by atoms with Crippen molar-refractivity contribution in [1.82, 2.24) is 4.98 Å². The third-order valence-electron chi connectivity index (χ3n) is 1.67. The molecule has 0 saturated carbocycles. The zero-order valence-electron chi connectivity index (χ0n) is 7.37. The first-order chi connectivity index (χ1) is 6.40. The molecule has 0 radical (unpaired) electrons. The summed E-state index contributed by atoms with van der Waals surface area (Å²) in [5.74, 6) is 6.28. The number of oxazole rings is 1. The van der Waals surface area contributed by atoms with Gasteiger partial charge in [-0.25, -0.2) is 4.98 Å². The highest BCUT2D eigenvalue weighted by atomic mass is 16.3. The molecule has 0 N–H and O–H groups in total. The first kappa shape index (κ1) is 7.88. The van der Waals surface area contributed by atoms with Gasteiger partial charge in [-0.05, 0) is 18.1 Å². The number of fused-ring (bicyclic) bond motifs is 1. The SMILES string of the molecule is CCC#Cc1nc2ccccc2o1. The van der Waals surface area contributed by atoms with Crippen molar-refractivity contribution in [2.45, 2.75) is 13.3 Å². The van der Waals surface area contributed by atoms with E-state index in [4.69, 9.17) is 4.42 Å². The largest absolute Gasteiger partial charge is 0.430 e. The standard InChI is InChI=1S/C11H9NO/c1-2-3-8-11-12-9-6-4-5-7-10(9)13-11/h4-7H,2H2,1H3. The van der Waals surface area contributed by atoms with E-state index in [1.165, 1.54) is 0 Å². The Morgan fingerprint density at radius 2 is 2.23 bits per heavy atom. The smallest absolute Gasteiger partial charge is 0.274 e. The zero-order chi connectivity index (χ0) is 9.10. The van der Waals surface area contributed by atoms with Crippen LogP contribution < -0.4 is 0 Å². The Hall–Kier alpha value is -1.75. The summed E-state index contributed by atoms with van der Waals surface area (Å²) >= 11 is 0. The molecule has 0 aliphatic carbocycles. The predicted molar refractivity (Wildman–Crippen MR) is 51.2 cm³/mol. The molecule has 0 bridgehead atoms. The number of hydrogen-bond donors (Lipinski definition) is 0. The molecule has 0 fully saturated rings. The number of hydrogen-bond acceptors (Lipinski definition) is 2. The normalized spacial score (nSPS) is 9.62. The Labute approximate surface area is 76.6 Å². The van der Waals surface area contributed by atoms with Crippen LogP contribution in [0.25, 0.3) is 11.1 Å². The van der Waals surface area contributed by atoms with E-state index < -0.39 is 0 Å². The minimum absolute atomic E-state index is 0.503. The van der Waals surface area contributed by atoms with Gasteiger partial charge in [-0.15, -0.1) is 0 Å². The minimum Gasteiger partial charge on any atom is -0.430 e. The van der Waals surface area contributed by atoms with Crippen molar-refractivity contribution < 1.29 is 4.42 Å². The van der Waals surface area contributed by atoms with E-state index in [0.29, 0.717) is 5.89 Å². The molecule has 0 aliphatic rings. The van der Waals surface area contributed by atoms with Crippen molar-refractivity contribution in [2.75, 3.05) is 0 Å². The first-order valence-electron chi connectivity index (χ1n) is 4.24. The Morgan fingerprint density at radius 3 is 3.00 bits per heavy atom. The molecule has 0 spiro atoms. The summed E-state index contributed by atoms with van der Waals surface area (Å²) in [6.45, 7) is 2.00. The van der Waals surface area contributed by atoms with E-state index in [1.54, 1.807) is 0 Å². The van der Waals surface area contributed by atoms with Crippen LogP contribution in [0.15, 0.2) is 28.7 Å². The van der Waals surface area contributed by atoms with Crippen molar-refractivity contribution in [3.05, 3.63) is 30.2 Å². The van der Waals surface area contributed by atoms with Crippen LogP contribution in [0.2, 0.25) is 0 Å². The van der Waals surface area contributed by atoms with E-state index in [2.05, 4.69) is 16.8 Å². The Morgan fingerprint density at radius 1 is 1.38 bits per heavy atom. The lowest BCUT2D eigenvalue weighted by atomic mass is 10.3. The average Bonchev–Trinajstić information content (AvgIpc) is 2.57. The van der Waals surface area contributed by atoms with Crippen molar-refractivity contribution in [1.29, 1.82) is 0 Å². The fraction of sp³-hybridized carbons (Fsp3) is 0.182. The highest BCUT2D eigenvalue weighted by molar-refractivity contribution is 5.72. The maximum atomic E-state index is 5.39. The third kappa shape index (κ3) is 1.54. The second-order valence-electron chi connectivity index (χ2n) is 2.64. The minimum atomic E-state index is 0.503. The molecule has 0 unspecified atom stereocenters. The van der Waals surface area contributed by atoms with Crippen molar-refractivity contribution in [3.8, 4) is 11.8 Å². The van der Waals surface area contributed by atoms with Gasteiger partial charge >= 0.3 is 0 Å². The number of rotatable bonds is 0. The van der Waals surface area contributed by atoms with Crippen molar-refractivity contribution in [2.24, 2.45) is 0 Å². The van der Waals surface area contributed by atoms with Crippen LogP contribution in [0.5, 0.6) is 0 Å². The number of nitrogens with zero attached hydrogens (tertiary/aromatic N) is 1. The first-order valence-corrected chi connectivity index (χ1v) is 4.24. The van der Waals surface area contributed by atoms with Crippen LogP contribution in [0.3, 0.4) is 0 Å². The Kier molecular flexibility index (Phi) is 2.01. The molecule has 1 heterocycles. The number of aromatic nitrogens is 1. The van der Waals surface area contributed by atoms with E-state index >= 15 is 0 Å². The van der Waals surface area contributed by atoms with Crippen LogP contribution in [0.1, 0.15) is 19.2 Å². The molecule has 0 saturated heterocycles. The van der Waals surface area contributed by atoms with Crippen LogP contribution in [0, 0.1) is 11.8 Å². The summed E-state index contributed by atoms with van der Waals surface area (Å²) in [5.41, 5.74) is 1.66. The van der Waals surface area contributed by atoms with Gasteiger partial charge in [0.1, 0.15) is 5.52 Å². The van der Waals surface area contributed by atoms with Crippen LogP contribution in [-0.4, -0.2) is 4.98 Å². The summed E-state index contributed by atoms with van der Waals surface area (Å²) < 4.78 is 5.39. The molecular formula is C11H9NO. The van der Waals surface area contributed by atoms with Gasteiger partial charge in [0.2, 0.25) is 0 Å². The third-order valence-corrected chi connectivity index (χ3v) is 1.67. The fourth-order valence-electron chi connectivity index (χ4n) is 1.09. The van der Waals surface area contributed by atoms with E-state index in [0.717, 1.165) is 17.5 Å². The number of benzene rings is 1. The molecular weight excluding hydrogens is 162 g/mol. The molecule has 2 nitrogen and oxygen atoms in total. The molecule has 0 aliphatic heterocycles. The molecule has 0 amide bonds. The molecule has 2 rings (SSSR count). The molecule has 1 aromatic carbocycles. The van der Waals surface area contributed by atoms with Crippen molar-refractivity contribution >= 4 is 11.1 Å². The number of para-hydroxylation sites is 2. The van der Waals surface area contributed by atoms with Gasteiger partial charge in [0, 0.05) is 6.42 Å². The van der Waals surface area contributed by atoms with E-state index in [9.17, 15) is 0 Å². The maximum Gasteiger partial charge on any atom is 0.274 e. The van der Waals surface area contributed by atoms with Gasteiger partial charge < -0.3 is 4.42 Å². The lowest BCUT2D eigenvalue weighted by Crippen LogP contribution is -1.70. The lowest BCUT2D eigenvalue weighted by molar-refractivity contribution is 0.586. The summed E-state index contributed by atoms with van der Waals surface area (Å²) in [7, 11) is 0. The van der Waals surface area contributed by atoms with Crippen molar-refractivity contribution in [3.63, 3.8) is 0 Å². The molecule has 2 aromatic rings. The predicted octanol–water partition coefficient (Wildman–Crippen LogP) is 2.59. The van der Waals surface area contributed by atoms with Gasteiger partial charge in [-0.3, -0.25) is 0 Å². The van der Waals surface area contributed by atoms with Gasteiger partial charge in [0.05, 0.1) is 0 Å². The second kappa shape index (κ2) is 3.32. The topological polar surface area (TPSA) is 26.0 Å². The quantitative estimate of drug-likeness (QED) is 0.569. The molecule has 0 atom stereocenters. The fourth-order valence-corrected chi connectivity index (χ4v) is 1.09. The molecule has 1 aromatic heterocycles.